The Bertz CT molecular complexity index is 641. The molecule has 5 nitrogen and oxygen atoms in total. The number of para-hydroxylation sites is 2. The van der Waals surface area contributed by atoms with Crippen molar-refractivity contribution in [3.63, 3.8) is 0 Å². The molecule has 92 valence electrons. The molecule has 2 aromatic carbocycles. The molecule has 0 aliphatic rings. The Balaban J connectivity index is 2.37. The fraction of sp³-hybridized carbons (Fsp3) is 0. The molecule has 0 amide bonds. The summed E-state index contributed by atoms with van der Waals surface area (Å²) in [6.45, 7) is 0. The van der Waals surface area contributed by atoms with E-state index in [0.717, 1.165) is 0 Å². The zero-order chi connectivity index (χ0) is 13.5. The minimum Gasteiger partial charge on any atom is -0.455 e. The lowest BCUT2D eigenvalue weighted by Gasteiger charge is -2.12. The third kappa shape index (κ3) is 2.93. The molecular formula is C14H10N4O. The summed E-state index contributed by atoms with van der Waals surface area (Å²) >= 11 is 0. The topological polar surface area (TPSA) is 80.9 Å². The van der Waals surface area contributed by atoms with Crippen LogP contribution in [0.4, 0.5) is 11.4 Å². The van der Waals surface area contributed by atoms with Gasteiger partial charge in [-0.05, 0) is 24.3 Å². The SMILES string of the molecule is N#CNc1cccc(Oc2ccccc2)c1NC#N. The molecule has 2 rings (SSSR count). The average molecular weight is 250 g/mol. The molecule has 0 heterocycles. The molecular weight excluding hydrogens is 240 g/mol. The zero-order valence-corrected chi connectivity index (χ0v) is 9.92. The third-order valence-corrected chi connectivity index (χ3v) is 2.37. The van der Waals surface area contributed by atoms with Crippen LogP contribution in [0.25, 0.3) is 0 Å². The maximum atomic E-state index is 8.78. The lowest BCUT2D eigenvalue weighted by molar-refractivity contribution is 0.485. The van der Waals surface area contributed by atoms with E-state index >= 15 is 0 Å². The second kappa shape index (κ2) is 5.95. The molecule has 0 bridgehead atoms. The Morgan fingerprint density at radius 1 is 0.842 bits per heavy atom. The molecule has 5 heteroatoms. The summed E-state index contributed by atoms with van der Waals surface area (Å²) in [5.41, 5.74) is 0.910. The van der Waals surface area contributed by atoms with Gasteiger partial charge in [0.1, 0.15) is 11.4 Å². The van der Waals surface area contributed by atoms with Gasteiger partial charge in [0.25, 0.3) is 0 Å². The molecule has 0 unspecified atom stereocenters. The zero-order valence-electron chi connectivity index (χ0n) is 9.92. The molecule has 0 aliphatic carbocycles. The Morgan fingerprint density at radius 2 is 1.58 bits per heavy atom. The first-order valence-electron chi connectivity index (χ1n) is 5.51. The lowest BCUT2D eigenvalue weighted by atomic mass is 10.2. The number of benzene rings is 2. The van der Waals surface area contributed by atoms with E-state index in [-0.39, 0.29) is 0 Å². The number of nitrogens with zero attached hydrogens (tertiary/aromatic N) is 2. The second-order valence-corrected chi connectivity index (χ2v) is 3.57. The van der Waals surface area contributed by atoms with Gasteiger partial charge in [-0.2, -0.15) is 10.5 Å². The van der Waals surface area contributed by atoms with Crippen LogP contribution in [0.5, 0.6) is 11.5 Å². The van der Waals surface area contributed by atoms with Crippen molar-refractivity contribution < 1.29 is 4.74 Å². The Kier molecular flexibility index (Phi) is 3.84. The average Bonchev–Trinajstić information content (AvgIpc) is 2.44. The molecule has 0 spiro atoms. The first kappa shape index (κ1) is 12.3. The van der Waals surface area contributed by atoms with Gasteiger partial charge in [0, 0.05) is 0 Å². The van der Waals surface area contributed by atoms with Crippen LogP contribution < -0.4 is 15.4 Å². The Labute approximate surface area is 110 Å². The van der Waals surface area contributed by atoms with Gasteiger partial charge in [-0.25, -0.2) is 0 Å². The number of nitriles is 2. The van der Waals surface area contributed by atoms with E-state index in [4.69, 9.17) is 15.3 Å². The van der Waals surface area contributed by atoms with E-state index in [2.05, 4.69) is 10.6 Å². The van der Waals surface area contributed by atoms with E-state index in [1.54, 1.807) is 30.3 Å². The summed E-state index contributed by atoms with van der Waals surface area (Å²) in [5, 5.41) is 22.5. The van der Waals surface area contributed by atoms with Crippen molar-refractivity contribution in [1.29, 1.82) is 10.5 Å². The Morgan fingerprint density at radius 3 is 2.26 bits per heavy atom. The fourth-order valence-corrected chi connectivity index (χ4v) is 1.58. The summed E-state index contributed by atoms with van der Waals surface area (Å²) in [5.74, 6) is 1.12. The van der Waals surface area contributed by atoms with Crippen LogP contribution >= 0.6 is 0 Å². The number of anilines is 2. The summed E-state index contributed by atoms with van der Waals surface area (Å²) < 4.78 is 5.69. The maximum Gasteiger partial charge on any atom is 0.181 e. The standard InChI is InChI=1S/C14H10N4O/c15-9-17-12-7-4-8-13(14(12)18-10-16)19-11-5-2-1-3-6-11/h1-8,17-18H. The normalized spacial score (nSPS) is 8.95. The van der Waals surface area contributed by atoms with Crippen LogP contribution in [-0.2, 0) is 0 Å². The van der Waals surface area contributed by atoms with E-state index in [9.17, 15) is 0 Å². The van der Waals surface area contributed by atoms with Gasteiger partial charge in [-0.1, -0.05) is 24.3 Å². The van der Waals surface area contributed by atoms with E-state index in [1.165, 1.54) is 0 Å². The highest BCUT2D eigenvalue weighted by Gasteiger charge is 2.09. The van der Waals surface area contributed by atoms with E-state index < -0.39 is 0 Å². The smallest absolute Gasteiger partial charge is 0.181 e. The minimum absolute atomic E-state index is 0.426. The largest absolute Gasteiger partial charge is 0.455 e. The van der Waals surface area contributed by atoms with Crippen molar-refractivity contribution in [2.45, 2.75) is 0 Å². The predicted molar refractivity (Wildman–Crippen MR) is 71.4 cm³/mol. The highest BCUT2D eigenvalue weighted by atomic mass is 16.5. The molecule has 0 saturated heterocycles. The quantitative estimate of drug-likeness (QED) is 0.643. The van der Waals surface area contributed by atoms with Crippen LogP contribution in [0.15, 0.2) is 48.5 Å². The fourth-order valence-electron chi connectivity index (χ4n) is 1.58. The predicted octanol–water partition coefficient (Wildman–Crippen LogP) is 3.26. The third-order valence-electron chi connectivity index (χ3n) is 2.37. The van der Waals surface area contributed by atoms with Gasteiger partial charge >= 0.3 is 0 Å². The molecule has 0 radical (unpaired) electrons. The van der Waals surface area contributed by atoms with E-state index in [1.807, 2.05) is 30.6 Å². The van der Waals surface area contributed by atoms with Crippen molar-refractivity contribution in [2.24, 2.45) is 0 Å². The van der Waals surface area contributed by atoms with Crippen molar-refractivity contribution in [3.8, 4) is 23.9 Å². The first-order valence-corrected chi connectivity index (χ1v) is 5.51. The van der Waals surface area contributed by atoms with Crippen LogP contribution in [0.3, 0.4) is 0 Å². The number of rotatable bonds is 4. The van der Waals surface area contributed by atoms with Crippen LogP contribution in [0.2, 0.25) is 0 Å². The summed E-state index contributed by atoms with van der Waals surface area (Å²) in [4.78, 5) is 0. The number of hydrogen-bond acceptors (Lipinski definition) is 5. The molecule has 0 saturated carbocycles. The molecule has 0 aliphatic heterocycles. The molecule has 0 atom stereocenters. The van der Waals surface area contributed by atoms with Crippen molar-refractivity contribution in [1.82, 2.24) is 0 Å². The lowest BCUT2D eigenvalue weighted by Crippen LogP contribution is -1.98. The molecule has 0 aromatic heterocycles. The highest BCUT2D eigenvalue weighted by molar-refractivity contribution is 5.78. The second-order valence-electron chi connectivity index (χ2n) is 3.57. The summed E-state index contributed by atoms with van der Waals surface area (Å²) in [6.07, 6.45) is 3.65. The van der Waals surface area contributed by atoms with Gasteiger partial charge in [-0.15, -0.1) is 0 Å². The molecule has 2 aromatic rings. The summed E-state index contributed by atoms with van der Waals surface area (Å²) in [7, 11) is 0. The van der Waals surface area contributed by atoms with Crippen LogP contribution in [0, 0.1) is 22.9 Å². The van der Waals surface area contributed by atoms with Crippen LogP contribution in [-0.4, -0.2) is 0 Å². The van der Waals surface area contributed by atoms with Gasteiger partial charge < -0.3 is 4.74 Å². The van der Waals surface area contributed by atoms with Gasteiger partial charge in [-0.3, -0.25) is 10.6 Å². The van der Waals surface area contributed by atoms with Crippen LogP contribution in [0.1, 0.15) is 0 Å². The first-order chi connectivity index (χ1) is 9.35. The number of ether oxygens (including phenoxy) is 1. The minimum atomic E-state index is 0.426. The van der Waals surface area contributed by atoms with Crippen molar-refractivity contribution in [2.75, 3.05) is 10.6 Å². The molecule has 19 heavy (non-hydrogen) atoms. The molecule has 2 N–H and O–H groups in total. The van der Waals surface area contributed by atoms with Gasteiger partial charge in [0.15, 0.2) is 18.1 Å². The Hall–Kier alpha value is -3.18. The highest BCUT2D eigenvalue weighted by Crippen LogP contribution is 2.35. The van der Waals surface area contributed by atoms with Gasteiger partial charge in [0.05, 0.1) is 5.69 Å². The van der Waals surface area contributed by atoms with Crippen molar-refractivity contribution in [3.05, 3.63) is 48.5 Å². The van der Waals surface area contributed by atoms with Gasteiger partial charge in [0.2, 0.25) is 0 Å². The van der Waals surface area contributed by atoms with E-state index in [0.29, 0.717) is 22.9 Å². The maximum absolute atomic E-state index is 8.78. The number of hydrogen-bond donors (Lipinski definition) is 2. The molecule has 0 fully saturated rings. The monoisotopic (exact) mass is 250 g/mol. The van der Waals surface area contributed by atoms with Crippen molar-refractivity contribution >= 4 is 11.4 Å². The summed E-state index contributed by atoms with van der Waals surface area (Å²) in [6, 6.07) is 14.3. The number of nitrogens with one attached hydrogen (secondary N) is 2.